The fraction of sp³-hybridized carbons (Fsp3) is 0. The first-order valence-electron chi connectivity index (χ1n) is 9.08. The summed E-state index contributed by atoms with van der Waals surface area (Å²) in [6, 6.07) is 12.6. The maximum Gasteiger partial charge on any atom is 0.263 e. The number of anilines is 1. The van der Waals surface area contributed by atoms with Gasteiger partial charge < -0.3 is 4.74 Å². The van der Waals surface area contributed by atoms with Crippen LogP contribution in [-0.2, 0) is 10.0 Å². The van der Waals surface area contributed by atoms with Crippen LogP contribution >= 0.6 is 46.4 Å². The maximum absolute atomic E-state index is 13.4. The molecule has 1 aromatic heterocycles. The summed E-state index contributed by atoms with van der Waals surface area (Å²) in [5.74, 6) is 0.0735. The Hall–Kier alpha value is -2.49. The molecule has 0 unspecified atom stereocenters. The van der Waals surface area contributed by atoms with Crippen molar-refractivity contribution < 1.29 is 17.5 Å². The lowest BCUT2D eigenvalue weighted by Crippen LogP contribution is -2.13. The van der Waals surface area contributed by atoms with Gasteiger partial charge in [0.15, 0.2) is 5.75 Å². The topological polar surface area (TPSA) is 73.2 Å². The van der Waals surface area contributed by atoms with E-state index in [9.17, 15) is 12.8 Å². The highest BCUT2D eigenvalue weighted by Gasteiger charge is 2.19. The van der Waals surface area contributed by atoms with Crippen molar-refractivity contribution in [1.82, 2.24) is 9.78 Å². The average molecular weight is 547 g/mol. The molecule has 0 aliphatic rings. The van der Waals surface area contributed by atoms with Crippen LogP contribution in [-0.4, -0.2) is 18.2 Å². The molecule has 4 aromatic rings. The zero-order chi connectivity index (χ0) is 23.8. The summed E-state index contributed by atoms with van der Waals surface area (Å²) in [6.45, 7) is 0. The number of nitrogens with one attached hydrogen (secondary N) is 1. The first-order chi connectivity index (χ1) is 15.6. The van der Waals surface area contributed by atoms with Crippen LogP contribution in [0, 0.1) is 5.82 Å². The van der Waals surface area contributed by atoms with Crippen molar-refractivity contribution in [3.8, 4) is 17.2 Å². The van der Waals surface area contributed by atoms with E-state index in [1.807, 2.05) is 0 Å². The van der Waals surface area contributed by atoms with E-state index >= 15 is 0 Å². The summed E-state index contributed by atoms with van der Waals surface area (Å²) in [5, 5.41) is 4.56. The van der Waals surface area contributed by atoms with Crippen LogP contribution in [0.15, 0.2) is 71.9 Å². The van der Waals surface area contributed by atoms with Gasteiger partial charge in [0.2, 0.25) is 0 Å². The van der Waals surface area contributed by atoms with Gasteiger partial charge in [-0.2, -0.15) is 5.10 Å². The van der Waals surface area contributed by atoms with Crippen LogP contribution in [0.2, 0.25) is 20.1 Å². The predicted octanol–water partition coefficient (Wildman–Crippen LogP) is 7.22. The zero-order valence-electron chi connectivity index (χ0n) is 16.3. The standard InChI is InChI=1S/C21H12Cl4FN3O3S/c22-12-1-6-21(18(25)7-12)33(30,31)28-13-2-5-20(17(24)8-13)32-15-10-27-29(11-15)14-3-4-19(26)16(23)9-14/h1-11,28H. The highest BCUT2D eigenvalue weighted by molar-refractivity contribution is 7.92. The molecule has 1 N–H and O–H groups in total. The molecule has 0 aliphatic carbocycles. The third-order valence-corrected chi connectivity index (χ3v) is 7.01. The molecule has 0 bridgehead atoms. The Labute approximate surface area is 208 Å². The van der Waals surface area contributed by atoms with Crippen molar-refractivity contribution in [2.45, 2.75) is 4.90 Å². The number of hydrogen-bond acceptors (Lipinski definition) is 4. The molecule has 0 amide bonds. The quantitative estimate of drug-likeness (QED) is 0.277. The van der Waals surface area contributed by atoms with Gasteiger partial charge in [0.25, 0.3) is 10.0 Å². The molecule has 0 radical (unpaired) electrons. The summed E-state index contributed by atoms with van der Waals surface area (Å²) in [6.07, 6.45) is 2.99. The molecule has 170 valence electrons. The second-order valence-corrected chi connectivity index (χ2v) is 9.96. The minimum absolute atomic E-state index is 0.0134. The van der Waals surface area contributed by atoms with Crippen molar-refractivity contribution in [2.75, 3.05) is 4.72 Å². The second kappa shape index (κ2) is 9.40. The van der Waals surface area contributed by atoms with Gasteiger partial charge >= 0.3 is 0 Å². The van der Waals surface area contributed by atoms with Crippen LogP contribution in [0.1, 0.15) is 0 Å². The van der Waals surface area contributed by atoms with Gasteiger partial charge in [0.05, 0.1) is 38.8 Å². The molecule has 1 heterocycles. The fourth-order valence-electron chi connectivity index (χ4n) is 2.81. The highest BCUT2D eigenvalue weighted by atomic mass is 35.5. The van der Waals surface area contributed by atoms with Crippen molar-refractivity contribution in [2.24, 2.45) is 0 Å². The predicted molar refractivity (Wildman–Crippen MR) is 127 cm³/mol. The maximum atomic E-state index is 13.4. The van der Waals surface area contributed by atoms with Crippen molar-refractivity contribution >= 4 is 62.1 Å². The van der Waals surface area contributed by atoms with Crippen LogP contribution < -0.4 is 9.46 Å². The highest BCUT2D eigenvalue weighted by Crippen LogP contribution is 2.33. The molecule has 4 rings (SSSR count). The fourth-order valence-corrected chi connectivity index (χ4v) is 5.02. The third-order valence-electron chi connectivity index (χ3n) is 4.32. The number of benzene rings is 3. The molecule has 33 heavy (non-hydrogen) atoms. The number of aromatic nitrogens is 2. The molecule has 0 saturated carbocycles. The van der Waals surface area contributed by atoms with Crippen LogP contribution in [0.4, 0.5) is 10.1 Å². The van der Waals surface area contributed by atoms with Gasteiger partial charge in [0, 0.05) is 5.02 Å². The molecule has 0 fully saturated rings. The van der Waals surface area contributed by atoms with Crippen LogP contribution in [0.5, 0.6) is 11.5 Å². The lowest BCUT2D eigenvalue weighted by Gasteiger charge is -2.11. The van der Waals surface area contributed by atoms with Gasteiger partial charge in [-0.1, -0.05) is 46.4 Å². The Kier molecular flexibility index (Phi) is 6.74. The lowest BCUT2D eigenvalue weighted by atomic mass is 10.3. The van der Waals surface area contributed by atoms with E-state index in [0.717, 1.165) is 0 Å². The Morgan fingerprint density at radius 3 is 2.39 bits per heavy atom. The average Bonchev–Trinajstić information content (AvgIpc) is 3.20. The Balaban J connectivity index is 1.51. The van der Waals surface area contributed by atoms with Gasteiger partial charge in [0.1, 0.15) is 16.5 Å². The first kappa shape index (κ1) is 23.7. The Morgan fingerprint density at radius 1 is 0.909 bits per heavy atom. The van der Waals surface area contributed by atoms with Gasteiger partial charge in [-0.15, -0.1) is 0 Å². The lowest BCUT2D eigenvalue weighted by molar-refractivity contribution is 0.483. The summed E-state index contributed by atoms with van der Waals surface area (Å²) >= 11 is 23.9. The summed E-state index contributed by atoms with van der Waals surface area (Å²) in [5.41, 5.74) is 0.739. The number of nitrogens with zero attached hydrogens (tertiary/aromatic N) is 2. The van der Waals surface area contributed by atoms with Gasteiger partial charge in [-0.25, -0.2) is 17.5 Å². The second-order valence-electron chi connectivity index (χ2n) is 6.65. The largest absolute Gasteiger partial charge is 0.452 e. The van der Waals surface area contributed by atoms with Crippen molar-refractivity contribution in [3.63, 3.8) is 0 Å². The molecule has 0 spiro atoms. The van der Waals surface area contributed by atoms with E-state index in [-0.39, 0.29) is 31.4 Å². The molecular weight excluding hydrogens is 535 g/mol. The number of halogens is 5. The van der Waals surface area contributed by atoms with E-state index in [0.29, 0.717) is 16.5 Å². The van der Waals surface area contributed by atoms with E-state index in [1.54, 1.807) is 6.20 Å². The zero-order valence-corrected chi connectivity index (χ0v) is 20.1. The number of hydrogen-bond donors (Lipinski definition) is 1. The first-order valence-corrected chi connectivity index (χ1v) is 12.1. The number of ether oxygens (including phenoxy) is 1. The monoisotopic (exact) mass is 545 g/mol. The smallest absolute Gasteiger partial charge is 0.263 e. The Morgan fingerprint density at radius 2 is 1.70 bits per heavy atom. The van der Waals surface area contributed by atoms with E-state index in [4.69, 9.17) is 51.1 Å². The summed E-state index contributed by atoms with van der Waals surface area (Å²) < 4.78 is 48.2. The molecular formula is C21H12Cl4FN3O3S. The molecule has 12 heteroatoms. The SMILES string of the molecule is O=S(=O)(Nc1ccc(Oc2cnn(-c3ccc(F)c(Cl)c3)c2)c(Cl)c1)c1ccc(Cl)cc1Cl. The third kappa shape index (κ3) is 5.37. The van der Waals surface area contributed by atoms with E-state index in [2.05, 4.69) is 9.82 Å². The van der Waals surface area contributed by atoms with Crippen LogP contribution in [0.3, 0.4) is 0 Å². The molecule has 0 atom stereocenters. The Bertz CT molecular complexity index is 1460. The van der Waals surface area contributed by atoms with Crippen molar-refractivity contribution in [1.29, 1.82) is 0 Å². The number of sulfonamides is 1. The molecule has 0 saturated heterocycles. The number of rotatable bonds is 6. The minimum Gasteiger partial charge on any atom is -0.452 e. The normalized spacial score (nSPS) is 11.4. The summed E-state index contributed by atoms with van der Waals surface area (Å²) in [7, 11) is -3.97. The molecule has 6 nitrogen and oxygen atoms in total. The van der Waals surface area contributed by atoms with E-state index < -0.39 is 15.8 Å². The summed E-state index contributed by atoms with van der Waals surface area (Å²) in [4.78, 5) is -0.127. The molecule has 3 aromatic carbocycles. The van der Waals surface area contributed by atoms with Gasteiger partial charge in [-0.05, 0) is 54.6 Å². The van der Waals surface area contributed by atoms with Crippen molar-refractivity contribution in [3.05, 3.63) is 92.9 Å². The van der Waals surface area contributed by atoms with E-state index in [1.165, 1.54) is 65.5 Å². The van der Waals surface area contributed by atoms with Gasteiger partial charge in [-0.3, -0.25) is 4.72 Å². The van der Waals surface area contributed by atoms with Crippen LogP contribution in [0.25, 0.3) is 5.69 Å². The minimum atomic E-state index is -3.97. The molecule has 0 aliphatic heterocycles.